The summed E-state index contributed by atoms with van der Waals surface area (Å²) in [7, 11) is -3.25. The van der Waals surface area contributed by atoms with Crippen LogP contribution in [0.4, 0.5) is 5.82 Å². The summed E-state index contributed by atoms with van der Waals surface area (Å²) in [4.78, 5) is 14.0. The molecule has 7 heteroatoms. The van der Waals surface area contributed by atoms with E-state index in [0.29, 0.717) is 18.0 Å². The van der Waals surface area contributed by atoms with Gasteiger partial charge in [0, 0.05) is 18.0 Å². The Hall–Kier alpha value is -1.99. The van der Waals surface area contributed by atoms with Gasteiger partial charge in [0.05, 0.1) is 16.0 Å². The van der Waals surface area contributed by atoms with E-state index in [2.05, 4.69) is 14.9 Å². The normalized spacial score (nSPS) is 18.8. The SMILES string of the molecule is O=S1(=O)CCN(c2ncnc3sc4c(c23)CCC4)Cc2ccccc21. The number of hydrogen-bond acceptors (Lipinski definition) is 6. The van der Waals surface area contributed by atoms with Crippen molar-refractivity contribution in [2.75, 3.05) is 17.2 Å². The van der Waals surface area contributed by atoms with Gasteiger partial charge in [-0.05, 0) is 36.5 Å². The second kappa shape index (κ2) is 5.51. The van der Waals surface area contributed by atoms with Crippen molar-refractivity contribution in [3.05, 3.63) is 46.6 Å². The molecular formula is C18H17N3O2S2. The molecule has 1 aromatic carbocycles. The van der Waals surface area contributed by atoms with E-state index >= 15 is 0 Å². The van der Waals surface area contributed by atoms with Crippen molar-refractivity contribution in [1.29, 1.82) is 0 Å². The van der Waals surface area contributed by atoms with Crippen molar-refractivity contribution in [3.63, 3.8) is 0 Å². The first-order chi connectivity index (χ1) is 12.1. The largest absolute Gasteiger partial charge is 0.351 e. The first-order valence-electron chi connectivity index (χ1n) is 8.44. The number of nitrogens with zero attached hydrogens (tertiary/aromatic N) is 3. The molecule has 0 N–H and O–H groups in total. The molecule has 128 valence electrons. The van der Waals surface area contributed by atoms with Crippen LogP contribution in [0, 0.1) is 0 Å². The minimum Gasteiger partial charge on any atom is -0.351 e. The fourth-order valence-electron chi connectivity index (χ4n) is 3.90. The average molecular weight is 371 g/mol. The van der Waals surface area contributed by atoms with Gasteiger partial charge in [0.15, 0.2) is 9.84 Å². The summed E-state index contributed by atoms with van der Waals surface area (Å²) in [5.74, 6) is 0.998. The van der Waals surface area contributed by atoms with Gasteiger partial charge in [0.2, 0.25) is 0 Å². The maximum atomic E-state index is 12.6. The number of fused-ring (bicyclic) bond motifs is 4. The molecule has 0 radical (unpaired) electrons. The topological polar surface area (TPSA) is 63.2 Å². The van der Waals surface area contributed by atoms with Gasteiger partial charge in [0.25, 0.3) is 0 Å². The van der Waals surface area contributed by atoms with Crippen molar-refractivity contribution in [2.45, 2.75) is 30.7 Å². The first kappa shape index (κ1) is 15.3. The van der Waals surface area contributed by atoms with Gasteiger partial charge in [-0.2, -0.15) is 0 Å². The smallest absolute Gasteiger partial charge is 0.180 e. The zero-order valence-electron chi connectivity index (χ0n) is 13.6. The van der Waals surface area contributed by atoms with E-state index in [0.717, 1.165) is 34.4 Å². The molecule has 0 bridgehead atoms. The highest BCUT2D eigenvalue weighted by atomic mass is 32.2. The molecule has 5 rings (SSSR count). The van der Waals surface area contributed by atoms with Crippen LogP contribution in [0.2, 0.25) is 0 Å². The molecule has 3 heterocycles. The maximum absolute atomic E-state index is 12.6. The van der Waals surface area contributed by atoms with E-state index in [4.69, 9.17) is 0 Å². The van der Waals surface area contributed by atoms with Gasteiger partial charge in [-0.15, -0.1) is 11.3 Å². The number of aryl methyl sites for hydroxylation is 2. The Labute approximate surface area is 150 Å². The van der Waals surface area contributed by atoms with E-state index in [1.165, 1.54) is 16.9 Å². The fraction of sp³-hybridized carbons (Fsp3) is 0.333. The lowest BCUT2D eigenvalue weighted by atomic mass is 10.1. The molecule has 0 spiro atoms. The third-order valence-corrected chi connectivity index (χ3v) is 8.07. The molecule has 5 nitrogen and oxygen atoms in total. The average Bonchev–Trinajstić information content (AvgIpc) is 3.16. The van der Waals surface area contributed by atoms with Crippen LogP contribution in [0.25, 0.3) is 10.2 Å². The van der Waals surface area contributed by atoms with E-state index in [1.54, 1.807) is 29.8 Å². The minimum absolute atomic E-state index is 0.113. The Bertz CT molecular complexity index is 1090. The fourth-order valence-corrected chi connectivity index (χ4v) is 6.62. The van der Waals surface area contributed by atoms with Gasteiger partial charge < -0.3 is 4.90 Å². The van der Waals surface area contributed by atoms with E-state index in [9.17, 15) is 8.42 Å². The molecule has 0 unspecified atom stereocenters. The Balaban J connectivity index is 1.67. The van der Waals surface area contributed by atoms with Crippen LogP contribution in [-0.2, 0) is 29.2 Å². The molecule has 0 amide bonds. The zero-order chi connectivity index (χ0) is 17.0. The molecule has 1 aliphatic heterocycles. The Morgan fingerprint density at radius 3 is 2.92 bits per heavy atom. The molecule has 2 aliphatic rings. The molecule has 1 aliphatic carbocycles. The highest BCUT2D eigenvalue weighted by molar-refractivity contribution is 7.91. The number of hydrogen-bond donors (Lipinski definition) is 0. The van der Waals surface area contributed by atoms with Gasteiger partial charge in [-0.25, -0.2) is 18.4 Å². The number of thiophene rings is 1. The summed E-state index contributed by atoms with van der Waals surface area (Å²) in [6, 6.07) is 7.31. The summed E-state index contributed by atoms with van der Waals surface area (Å²) in [5, 5.41) is 1.14. The quantitative estimate of drug-likeness (QED) is 0.658. The van der Waals surface area contributed by atoms with Crippen LogP contribution in [0.15, 0.2) is 35.5 Å². The maximum Gasteiger partial charge on any atom is 0.180 e. The second-order valence-electron chi connectivity index (χ2n) is 6.58. The molecule has 0 saturated heterocycles. The summed E-state index contributed by atoms with van der Waals surface area (Å²) in [6.07, 6.45) is 4.97. The van der Waals surface area contributed by atoms with Crippen LogP contribution in [0.5, 0.6) is 0 Å². The molecule has 25 heavy (non-hydrogen) atoms. The van der Waals surface area contributed by atoms with Crippen LogP contribution in [0.1, 0.15) is 22.4 Å². The highest BCUT2D eigenvalue weighted by Crippen LogP contribution is 2.40. The monoisotopic (exact) mass is 371 g/mol. The predicted octanol–water partition coefficient (Wildman–Crippen LogP) is 2.97. The van der Waals surface area contributed by atoms with E-state index < -0.39 is 9.84 Å². The van der Waals surface area contributed by atoms with Crippen molar-refractivity contribution in [1.82, 2.24) is 9.97 Å². The Kier molecular flexibility index (Phi) is 3.36. The summed E-state index contributed by atoms with van der Waals surface area (Å²) < 4.78 is 25.2. The Morgan fingerprint density at radius 1 is 1.12 bits per heavy atom. The molecule has 0 atom stereocenters. The summed E-state index contributed by atoms with van der Waals surface area (Å²) >= 11 is 1.76. The van der Waals surface area contributed by atoms with Crippen molar-refractivity contribution < 1.29 is 8.42 Å². The van der Waals surface area contributed by atoms with Crippen molar-refractivity contribution in [2.24, 2.45) is 0 Å². The number of anilines is 1. The van der Waals surface area contributed by atoms with E-state index in [-0.39, 0.29) is 5.75 Å². The number of benzene rings is 1. The van der Waals surface area contributed by atoms with Gasteiger partial charge in [-0.1, -0.05) is 18.2 Å². The molecular weight excluding hydrogens is 354 g/mol. The third kappa shape index (κ3) is 2.37. The molecule has 0 saturated carbocycles. The van der Waals surface area contributed by atoms with Crippen LogP contribution in [-0.4, -0.2) is 30.7 Å². The number of sulfone groups is 1. The van der Waals surface area contributed by atoms with Crippen molar-refractivity contribution >= 4 is 37.2 Å². The molecule has 2 aromatic heterocycles. The van der Waals surface area contributed by atoms with Gasteiger partial charge in [0.1, 0.15) is 17.0 Å². The molecule has 3 aromatic rings. The van der Waals surface area contributed by atoms with Gasteiger partial charge in [-0.3, -0.25) is 0 Å². The lowest BCUT2D eigenvalue weighted by Crippen LogP contribution is -2.26. The first-order valence-corrected chi connectivity index (χ1v) is 10.9. The van der Waals surface area contributed by atoms with Crippen molar-refractivity contribution in [3.8, 4) is 0 Å². The lowest BCUT2D eigenvalue weighted by molar-refractivity contribution is 0.596. The Morgan fingerprint density at radius 2 is 2.00 bits per heavy atom. The minimum atomic E-state index is -3.25. The summed E-state index contributed by atoms with van der Waals surface area (Å²) in [5.41, 5.74) is 2.22. The molecule has 0 fully saturated rings. The highest BCUT2D eigenvalue weighted by Gasteiger charge is 2.28. The standard InChI is InChI=1S/C18H17N3O2S2/c22-25(23)9-8-21(10-12-4-1-2-7-15(12)25)17-16-13-5-3-6-14(13)24-18(16)20-11-19-17/h1-2,4,7,11H,3,5-6,8-10H2. The van der Waals surface area contributed by atoms with Crippen LogP contribution >= 0.6 is 11.3 Å². The van der Waals surface area contributed by atoms with Gasteiger partial charge >= 0.3 is 0 Å². The second-order valence-corrected chi connectivity index (χ2v) is 9.74. The van der Waals surface area contributed by atoms with Crippen LogP contribution in [0.3, 0.4) is 0 Å². The number of rotatable bonds is 1. The third-order valence-electron chi connectivity index (χ3n) is 5.08. The van der Waals surface area contributed by atoms with Crippen LogP contribution < -0.4 is 4.90 Å². The summed E-state index contributed by atoms with van der Waals surface area (Å²) in [6.45, 7) is 1.01. The van der Waals surface area contributed by atoms with E-state index in [1.807, 2.05) is 12.1 Å². The lowest BCUT2D eigenvalue weighted by Gasteiger charge is -2.22. The predicted molar refractivity (Wildman–Crippen MR) is 99.0 cm³/mol. The zero-order valence-corrected chi connectivity index (χ0v) is 15.2. The number of aromatic nitrogens is 2.